The number of fused-ring (bicyclic) bond motifs is 1. The molecule has 3 N–H and O–H groups in total. The summed E-state index contributed by atoms with van der Waals surface area (Å²) in [6.07, 6.45) is 3.19. The van der Waals surface area contributed by atoms with Gasteiger partial charge in [-0.25, -0.2) is 9.97 Å². The lowest BCUT2D eigenvalue weighted by Crippen LogP contribution is -2.12. The van der Waals surface area contributed by atoms with Crippen molar-refractivity contribution in [1.29, 1.82) is 5.41 Å². The van der Waals surface area contributed by atoms with Crippen LogP contribution in [0.25, 0.3) is 10.9 Å². The highest BCUT2D eigenvalue weighted by molar-refractivity contribution is 7.99. The fourth-order valence-electron chi connectivity index (χ4n) is 1.80. The lowest BCUT2D eigenvalue weighted by atomic mass is 10.2. The molecule has 1 aromatic carbocycles. The lowest BCUT2D eigenvalue weighted by molar-refractivity contribution is 1.10. The van der Waals surface area contributed by atoms with Crippen molar-refractivity contribution in [3.63, 3.8) is 0 Å². The molecule has 98 valence electrons. The number of nitrogen functional groups attached to an aromatic ring is 1. The Bertz CT molecular complexity index is 782. The van der Waals surface area contributed by atoms with Crippen molar-refractivity contribution in [3.8, 4) is 0 Å². The number of hydrogen-bond donors (Lipinski definition) is 2. The van der Waals surface area contributed by atoms with E-state index in [9.17, 15) is 0 Å². The first kappa shape index (κ1) is 12.6. The highest BCUT2D eigenvalue weighted by Crippen LogP contribution is 2.30. The third kappa shape index (κ3) is 2.46. The topological polar surface area (TPSA) is 88.5 Å². The molecule has 0 radical (unpaired) electrons. The molecular formula is C14H11N5S. The number of benzene rings is 1. The minimum absolute atomic E-state index is 0.0417. The van der Waals surface area contributed by atoms with Crippen molar-refractivity contribution in [2.45, 2.75) is 9.92 Å². The van der Waals surface area contributed by atoms with E-state index in [0.29, 0.717) is 5.69 Å². The van der Waals surface area contributed by atoms with Gasteiger partial charge in [-0.3, -0.25) is 10.4 Å². The summed E-state index contributed by atoms with van der Waals surface area (Å²) in [4.78, 5) is 13.5. The van der Waals surface area contributed by atoms with Crippen molar-refractivity contribution in [3.05, 3.63) is 54.6 Å². The van der Waals surface area contributed by atoms with E-state index in [4.69, 9.17) is 11.1 Å². The predicted molar refractivity (Wildman–Crippen MR) is 78.9 cm³/mol. The van der Waals surface area contributed by atoms with Crippen molar-refractivity contribution in [2.75, 3.05) is 0 Å². The molecule has 0 spiro atoms. The highest BCUT2D eigenvalue weighted by atomic mass is 32.2. The average Bonchev–Trinajstić information content (AvgIpc) is 2.48. The Morgan fingerprint density at radius 2 is 1.95 bits per heavy atom. The Hall–Kier alpha value is -2.47. The second kappa shape index (κ2) is 5.26. The quantitative estimate of drug-likeness (QED) is 0.437. The minimum atomic E-state index is -0.0417. The number of nitrogens with zero attached hydrogens (tertiary/aromatic N) is 3. The monoisotopic (exact) mass is 281 g/mol. The number of hydrogen-bond acceptors (Lipinski definition) is 5. The number of nitrogens with one attached hydrogen (secondary N) is 1. The van der Waals surface area contributed by atoms with Gasteiger partial charge in [0.05, 0.1) is 5.52 Å². The Balaban J connectivity index is 2.01. The summed E-state index contributed by atoms with van der Waals surface area (Å²) >= 11 is 1.51. The Morgan fingerprint density at radius 1 is 1.10 bits per heavy atom. The largest absolute Gasteiger partial charge is 0.382 e. The molecule has 0 unspecified atom stereocenters. The third-order valence-electron chi connectivity index (χ3n) is 2.73. The van der Waals surface area contributed by atoms with Crippen LogP contribution in [-0.4, -0.2) is 20.8 Å². The summed E-state index contributed by atoms with van der Waals surface area (Å²) in [5.41, 5.74) is 6.83. The van der Waals surface area contributed by atoms with Crippen LogP contribution >= 0.6 is 11.8 Å². The molecular weight excluding hydrogens is 270 g/mol. The molecule has 0 amide bonds. The molecule has 20 heavy (non-hydrogen) atoms. The maximum absolute atomic E-state index is 7.42. The summed E-state index contributed by atoms with van der Waals surface area (Å²) in [5.74, 6) is -0.0417. The van der Waals surface area contributed by atoms with Gasteiger partial charge in [-0.1, -0.05) is 30.0 Å². The lowest BCUT2D eigenvalue weighted by Gasteiger charge is -2.05. The fraction of sp³-hybridized carbons (Fsp3) is 0. The molecule has 0 aliphatic heterocycles. The number of amidine groups is 1. The van der Waals surface area contributed by atoms with Crippen LogP contribution in [-0.2, 0) is 0 Å². The van der Waals surface area contributed by atoms with Crippen molar-refractivity contribution in [2.24, 2.45) is 5.73 Å². The van der Waals surface area contributed by atoms with Gasteiger partial charge in [0.1, 0.15) is 22.9 Å². The summed E-state index contributed by atoms with van der Waals surface area (Å²) in [7, 11) is 0. The molecule has 0 fully saturated rings. The summed E-state index contributed by atoms with van der Waals surface area (Å²) in [6.45, 7) is 0. The van der Waals surface area contributed by atoms with Gasteiger partial charge in [-0.05, 0) is 18.2 Å². The first-order valence-electron chi connectivity index (χ1n) is 5.92. The fourth-order valence-corrected chi connectivity index (χ4v) is 2.70. The van der Waals surface area contributed by atoms with Crippen LogP contribution < -0.4 is 5.73 Å². The van der Waals surface area contributed by atoms with Crippen LogP contribution in [0.1, 0.15) is 5.69 Å². The predicted octanol–water partition coefficient (Wildman–Crippen LogP) is 2.46. The Kier molecular flexibility index (Phi) is 3.30. The normalized spacial score (nSPS) is 10.6. The molecule has 0 bridgehead atoms. The van der Waals surface area contributed by atoms with Crippen molar-refractivity contribution in [1.82, 2.24) is 15.0 Å². The van der Waals surface area contributed by atoms with E-state index in [-0.39, 0.29) is 5.84 Å². The maximum atomic E-state index is 7.42. The molecule has 0 aliphatic rings. The first-order chi connectivity index (χ1) is 9.74. The van der Waals surface area contributed by atoms with E-state index in [1.807, 2.05) is 30.3 Å². The van der Waals surface area contributed by atoms with E-state index >= 15 is 0 Å². The number of aromatic nitrogens is 3. The van der Waals surface area contributed by atoms with E-state index in [0.717, 1.165) is 20.8 Å². The van der Waals surface area contributed by atoms with Crippen LogP contribution in [0.2, 0.25) is 0 Å². The zero-order valence-electron chi connectivity index (χ0n) is 10.4. The number of rotatable bonds is 3. The number of pyridine rings is 1. The van der Waals surface area contributed by atoms with Gasteiger partial charge in [-0.2, -0.15) is 0 Å². The van der Waals surface area contributed by atoms with Gasteiger partial charge in [0, 0.05) is 16.5 Å². The molecule has 3 aromatic rings. The van der Waals surface area contributed by atoms with E-state index in [1.165, 1.54) is 11.8 Å². The average molecular weight is 281 g/mol. The van der Waals surface area contributed by atoms with Gasteiger partial charge in [0.25, 0.3) is 0 Å². The minimum Gasteiger partial charge on any atom is -0.382 e. The van der Waals surface area contributed by atoms with E-state index < -0.39 is 0 Å². The van der Waals surface area contributed by atoms with Gasteiger partial charge in [-0.15, -0.1) is 0 Å². The van der Waals surface area contributed by atoms with Crippen LogP contribution in [0.3, 0.4) is 0 Å². The molecule has 5 nitrogen and oxygen atoms in total. The SMILES string of the molecule is N=C(N)c1cc(Sc2ncnc3ccccc23)ccn1. The molecule has 0 atom stereocenters. The second-order valence-electron chi connectivity index (χ2n) is 4.09. The summed E-state index contributed by atoms with van der Waals surface area (Å²) in [6, 6.07) is 11.5. The van der Waals surface area contributed by atoms with Gasteiger partial charge >= 0.3 is 0 Å². The van der Waals surface area contributed by atoms with Crippen LogP contribution in [0, 0.1) is 5.41 Å². The molecule has 0 saturated heterocycles. The van der Waals surface area contributed by atoms with Crippen molar-refractivity contribution >= 4 is 28.5 Å². The zero-order chi connectivity index (χ0) is 13.9. The standard InChI is InChI=1S/C14H11N5S/c15-13(16)12-7-9(5-6-17-12)20-14-10-3-1-2-4-11(10)18-8-19-14/h1-8H,(H3,15,16). The second-order valence-corrected chi connectivity index (χ2v) is 5.15. The van der Waals surface area contributed by atoms with Crippen LogP contribution in [0.5, 0.6) is 0 Å². The molecule has 0 aliphatic carbocycles. The van der Waals surface area contributed by atoms with E-state index in [1.54, 1.807) is 18.6 Å². The maximum Gasteiger partial charge on any atom is 0.141 e. The molecule has 2 aromatic heterocycles. The Labute approximate surface area is 119 Å². The molecule has 3 rings (SSSR count). The zero-order valence-corrected chi connectivity index (χ0v) is 11.3. The molecule has 6 heteroatoms. The summed E-state index contributed by atoms with van der Waals surface area (Å²) in [5, 5.41) is 9.30. The van der Waals surface area contributed by atoms with Crippen LogP contribution in [0.4, 0.5) is 0 Å². The van der Waals surface area contributed by atoms with Crippen LogP contribution in [0.15, 0.2) is 58.8 Å². The van der Waals surface area contributed by atoms with Gasteiger partial charge in [0.15, 0.2) is 0 Å². The summed E-state index contributed by atoms with van der Waals surface area (Å²) < 4.78 is 0. The molecule has 2 heterocycles. The first-order valence-corrected chi connectivity index (χ1v) is 6.74. The Morgan fingerprint density at radius 3 is 2.80 bits per heavy atom. The number of para-hydroxylation sites is 1. The molecule has 0 saturated carbocycles. The third-order valence-corrected chi connectivity index (χ3v) is 3.74. The van der Waals surface area contributed by atoms with Gasteiger partial charge in [0.2, 0.25) is 0 Å². The smallest absolute Gasteiger partial charge is 0.141 e. The van der Waals surface area contributed by atoms with Gasteiger partial charge < -0.3 is 5.73 Å². The van der Waals surface area contributed by atoms with E-state index in [2.05, 4.69) is 15.0 Å². The highest BCUT2D eigenvalue weighted by Gasteiger charge is 2.07. The van der Waals surface area contributed by atoms with Crippen molar-refractivity contribution < 1.29 is 0 Å². The number of nitrogens with two attached hydrogens (primary N) is 1.